The molecular formula is C25H23F6N3O4S2. The number of H-pyrrole nitrogens is 1. The van der Waals surface area contributed by atoms with Gasteiger partial charge in [0, 0.05) is 60.5 Å². The Morgan fingerprint density at radius 3 is 2.25 bits per heavy atom. The van der Waals surface area contributed by atoms with Crippen LogP contribution in [-0.4, -0.2) is 65.7 Å². The number of alkyl halides is 6. The molecule has 2 heterocycles. The normalized spacial score (nSPS) is 19.6. The second-order valence-corrected chi connectivity index (χ2v) is 11.7. The number of benzene rings is 1. The fourth-order valence-corrected chi connectivity index (χ4v) is 6.79. The molecule has 1 aromatic heterocycles. The topological polar surface area (TPSA) is 93.7 Å². The van der Waals surface area contributed by atoms with E-state index in [9.17, 15) is 44.7 Å². The number of aromatic nitrogens is 1. The molecule has 1 fully saturated rings. The summed E-state index contributed by atoms with van der Waals surface area (Å²) in [5.74, 6) is 0. The van der Waals surface area contributed by atoms with Crippen LogP contribution in [0.15, 0.2) is 70.5 Å². The van der Waals surface area contributed by atoms with Crippen LogP contribution in [0.1, 0.15) is 17.5 Å². The smallest absolute Gasteiger partial charge is 0.369 e. The summed E-state index contributed by atoms with van der Waals surface area (Å²) in [6.07, 6.45) is -5.53. The molecule has 0 saturated carbocycles. The number of hydrogen-bond acceptors (Lipinski definition) is 6. The molecule has 1 aromatic carbocycles. The van der Waals surface area contributed by atoms with Crippen LogP contribution in [0.25, 0.3) is 0 Å². The van der Waals surface area contributed by atoms with Gasteiger partial charge in [0.25, 0.3) is 5.60 Å². The average Bonchev–Trinajstić information content (AvgIpc) is 2.87. The van der Waals surface area contributed by atoms with Gasteiger partial charge in [0.15, 0.2) is 0 Å². The first-order valence-corrected chi connectivity index (χ1v) is 13.7. The number of anilines is 1. The molecule has 2 aromatic rings. The van der Waals surface area contributed by atoms with Gasteiger partial charge in [0.2, 0.25) is 15.6 Å². The Hall–Kier alpha value is -3.01. The molecule has 1 atom stereocenters. The van der Waals surface area contributed by atoms with Crippen molar-refractivity contribution in [1.82, 2.24) is 9.29 Å². The number of aromatic amines is 1. The lowest BCUT2D eigenvalue weighted by molar-refractivity contribution is -0.376. The largest absolute Gasteiger partial charge is 0.430 e. The maximum Gasteiger partial charge on any atom is 0.430 e. The van der Waals surface area contributed by atoms with Crippen LogP contribution in [-0.2, 0) is 22.0 Å². The minimum atomic E-state index is -6.03. The molecule has 15 heteroatoms. The Morgan fingerprint density at radius 1 is 1.02 bits per heavy atom. The highest BCUT2D eigenvalue weighted by Gasteiger charge is 2.71. The minimum absolute atomic E-state index is 0.0173. The van der Waals surface area contributed by atoms with Crippen molar-refractivity contribution in [1.29, 1.82) is 0 Å². The SMILES string of the molecule is O=c1cc(C[C@@H]2CN(S(=O)(=O)C3=CC=CCC3=S)CCN2c2ccc(C(O)(C(F)(F)F)C(F)(F)F)cc2)cc[nH]1. The van der Waals surface area contributed by atoms with E-state index in [-0.39, 0.29) is 47.9 Å². The van der Waals surface area contributed by atoms with Gasteiger partial charge < -0.3 is 15.0 Å². The molecule has 216 valence electrons. The van der Waals surface area contributed by atoms with Crippen LogP contribution >= 0.6 is 12.2 Å². The molecule has 1 aliphatic carbocycles. The summed E-state index contributed by atoms with van der Waals surface area (Å²) in [5, 5.41) is 9.71. The van der Waals surface area contributed by atoms with Crippen molar-refractivity contribution in [2.45, 2.75) is 36.8 Å². The number of aliphatic hydroxyl groups is 1. The molecule has 40 heavy (non-hydrogen) atoms. The first-order valence-electron chi connectivity index (χ1n) is 11.9. The van der Waals surface area contributed by atoms with Crippen LogP contribution in [0.5, 0.6) is 0 Å². The number of nitrogens with one attached hydrogen (secondary N) is 1. The summed E-state index contributed by atoms with van der Waals surface area (Å²) in [4.78, 5) is 16.2. The van der Waals surface area contributed by atoms with E-state index in [1.165, 1.54) is 22.6 Å². The number of thiocarbonyl (C=S) groups is 1. The summed E-state index contributed by atoms with van der Waals surface area (Å²) in [6.45, 7) is -0.116. The number of pyridine rings is 1. The quantitative estimate of drug-likeness (QED) is 0.382. The molecule has 1 aliphatic heterocycles. The third-order valence-corrected chi connectivity index (χ3v) is 9.24. The second kappa shape index (κ2) is 10.8. The highest BCUT2D eigenvalue weighted by molar-refractivity contribution is 7.96. The fraction of sp³-hybridized carbons (Fsp3) is 0.360. The minimum Gasteiger partial charge on any atom is -0.369 e. The maximum atomic E-state index is 13.4. The molecule has 7 nitrogen and oxygen atoms in total. The monoisotopic (exact) mass is 607 g/mol. The van der Waals surface area contributed by atoms with Gasteiger partial charge in [-0.3, -0.25) is 4.79 Å². The van der Waals surface area contributed by atoms with Crippen LogP contribution in [0.3, 0.4) is 0 Å². The molecule has 4 rings (SSSR count). The van der Waals surface area contributed by atoms with Crippen molar-refractivity contribution >= 4 is 32.8 Å². The van der Waals surface area contributed by atoms with Crippen molar-refractivity contribution in [2.75, 3.05) is 24.5 Å². The molecule has 1 saturated heterocycles. The molecule has 0 radical (unpaired) electrons. The molecular weight excluding hydrogens is 584 g/mol. The molecule has 0 unspecified atom stereocenters. The Balaban J connectivity index is 1.69. The predicted octanol–water partition coefficient (Wildman–Crippen LogP) is 3.96. The van der Waals surface area contributed by atoms with Crippen LogP contribution in [0.2, 0.25) is 0 Å². The second-order valence-electron chi connectivity index (χ2n) is 9.31. The Kier molecular flexibility index (Phi) is 8.06. The number of nitrogens with zero attached hydrogens (tertiary/aromatic N) is 2. The van der Waals surface area contributed by atoms with E-state index in [4.69, 9.17) is 12.2 Å². The van der Waals surface area contributed by atoms with Crippen molar-refractivity contribution in [2.24, 2.45) is 0 Å². The van der Waals surface area contributed by atoms with E-state index in [2.05, 4.69) is 4.98 Å². The highest BCUT2D eigenvalue weighted by atomic mass is 32.2. The van der Waals surface area contributed by atoms with Gasteiger partial charge >= 0.3 is 12.4 Å². The van der Waals surface area contributed by atoms with E-state index in [1.54, 1.807) is 23.1 Å². The van der Waals surface area contributed by atoms with Gasteiger partial charge in [0.05, 0.1) is 4.91 Å². The van der Waals surface area contributed by atoms with Crippen molar-refractivity contribution in [3.8, 4) is 0 Å². The van der Waals surface area contributed by atoms with Gasteiger partial charge in [-0.1, -0.05) is 36.5 Å². The standard InChI is InChI=1S/C25H23F6N3O4S2/c26-24(27,28)23(36,25(29,30)31)17-5-7-18(8-6-17)34-12-11-33(40(37,38)21-4-2-1-3-20(21)39)15-19(34)13-16-9-10-32-22(35)14-16/h1-2,4-10,14,19,36H,3,11-13,15H2,(H,32,35)/t19-/m1/s1. The number of allylic oxidation sites excluding steroid dienone is 4. The maximum absolute atomic E-state index is 13.4. The Bertz CT molecular complexity index is 1480. The van der Waals surface area contributed by atoms with Crippen molar-refractivity contribution < 1.29 is 39.9 Å². The van der Waals surface area contributed by atoms with Gasteiger partial charge in [0.1, 0.15) is 0 Å². The molecule has 0 amide bonds. The summed E-state index contributed by atoms with van der Waals surface area (Å²) >= 11 is 5.23. The summed E-state index contributed by atoms with van der Waals surface area (Å²) in [7, 11) is -4.01. The zero-order valence-corrected chi connectivity index (χ0v) is 22.2. The first kappa shape index (κ1) is 30.0. The van der Waals surface area contributed by atoms with E-state index in [0.29, 0.717) is 17.7 Å². The third kappa shape index (κ3) is 5.60. The number of halogens is 6. The average molecular weight is 608 g/mol. The number of rotatable bonds is 6. The van der Waals surface area contributed by atoms with E-state index < -0.39 is 45.1 Å². The van der Waals surface area contributed by atoms with Crippen molar-refractivity contribution in [3.63, 3.8) is 0 Å². The predicted molar refractivity (Wildman–Crippen MR) is 139 cm³/mol. The Labute approximate surface area is 230 Å². The molecule has 0 spiro atoms. The fourth-order valence-electron chi connectivity index (χ4n) is 4.72. The van der Waals surface area contributed by atoms with Gasteiger partial charge in [-0.2, -0.15) is 30.6 Å². The molecule has 2 N–H and O–H groups in total. The zero-order valence-electron chi connectivity index (χ0n) is 20.5. The van der Waals surface area contributed by atoms with Crippen molar-refractivity contribution in [3.05, 3.63) is 87.2 Å². The molecule has 2 aliphatic rings. The van der Waals surface area contributed by atoms with Gasteiger partial charge in [-0.05, 0) is 36.3 Å². The lowest BCUT2D eigenvalue weighted by Crippen LogP contribution is -2.56. The van der Waals surface area contributed by atoms with Crippen LogP contribution in [0.4, 0.5) is 32.0 Å². The van der Waals surface area contributed by atoms with E-state index in [0.717, 1.165) is 12.1 Å². The molecule has 0 bridgehead atoms. The van der Waals surface area contributed by atoms with Crippen LogP contribution in [0, 0.1) is 0 Å². The number of hydrogen-bond donors (Lipinski definition) is 2. The summed E-state index contributed by atoms with van der Waals surface area (Å²) in [5.41, 5.74) is -6.14. The Morgan fingerprint density at radius 2 is 1.68 bits per heavy atom. The first-order chi connectivity index (χ1) is 18.6. The third-order valence-electron chi connectivity index (χ3n) is 6.77. The van der Waals surface area contributed by atoms with E-state index >= 15 is 0 Å². The van der Waals surface area contributed by atoms with Crippen LogP contribution < -0.4 is 10.5 Å². The highest BCUT2D eigenvalue weighted by Crippen LogP contribution is 2.50. The zero-order chi connectivity index (χ0) is 29.5. The van der Waals surface area contributed by atoms with E-state index in [1.807, 2.05) is 0 Å². The summed E-state index contributed by atoms with van der Waals surface area (Å²) < 4.78 is 108. The number of piperazine rings is 1. The lowest BCUT2D eigenvalue weighted by atomic mass is 9.92. The van der Waals surface area contributed by atoms with Gasteiger partial charge in [-0.25, -0.2) is 8.42 Å². The summed E-state index contributed by atoms with van der Waals surface area (Å²) in [6, 6.07) is 5.36. The number of sulfonamides is 1. The van der Waals surface area contributed by atoms with Gasteiger partial charge in [-0.15, -0.1) is 0 Å². The lowest BCUT2D eigenvalue weighted by Gasteiger charge is -2.43.